The van der Waals surface area contributed by atoms with Gasteiger partial charge in [0, 0.05) is 23.4 Å². The normalized spacial score (nSPS) is 10.0. The van der Waals surface area contributed by atoms with Gasteiger partial charge in [0.05, 0.1) is 0 Å². The Hall–Kier alpha value is -2.80. The van der Waals surface area contributed by atoms with Crippen LogP contribution >= 0.6 is 12.2 Å². The van der Waals surface area contributed by atoms with Crippen LogP contribution in [0, 0.1) is 5.82 Å². The van der Waals surface area contributed by atoms with E-state index < -0.39 is 11.7 Å². The Balaban J connectivity index is 1.94. The highest BCUT2D eigenvalue weighted by atomic mass is 32.1. The summed E-state index contributed by atoms with van der Waals surface area (Å²) < 4.78 is 12.9. The zero-order chi connectivity index (χ0) is 18.2. The predicted octanol–water partition coefficient (Wildman–Crippen LogP) is 3.69. The first-order chi connectivity index (χ1) is 12.0. The molecular formula is C18H18FN3O2S. The van der Waals surface area contributed by atoms with Gasteiger partial charge in [0.1, 0.15) is 5.82 Å². The van der Waals surface area contributed by atoms with Crippen LogP contribution in [-0.2, 0) is 4.79 Å². The molecule has 0 aliphatic carbocycles. The van der Waals surface area contributed by atoms with Crippen LogP contribution in [0.2, 0.25) is 0 Å². The Morgan fingerprint density at radius 3 is 2.32 bits per heavy atom. The molecule has 2 aromatic rings. The Morgan fingerprint density at radius 2 is 1.68 bits per heavy atom. The maximum Gasteiger partial charge on any atom is 0.257 e. The molecule has 0 radical (unpaired) electrons. The number of hydrogen-bond acceptors (Lipinski definition) is 3. The van der Waals surface area contributed by atoms with Gasteiger partial charge in [0.15, 0.2) is 5.11 Å². The average Bonchev–Trinajstić information content (AvgIpc) is 2.55. The largest absolute Gasteiger partial charge is 0.332 e. The topological polar surface area (TPSA) is 70.2 Å². The summed E-state index contributed by atoms with van der Waals surface area (Å²) in [6, 6.07) is 12.1. The molecule has 0 heterocycles. The summed E-state index contributed by atoms with van der Waals surface area (Å²) in [5.41, 5.74) is 1.56. The van der Waals surface area contributed by atoms with E-state index in [1.807, 2.05) is 6.92 Å². The van der Waals surface area contributed by atoms with Gasteiger partial charge in [0.25, 0.3) is 5.91 Å². The lowest BCUT2D eigenvalue weighted by Crippen LogP contribution is -2.34. The molecule has 0 fully saturated rings. The second-order valence-electron chi connectivity index (χ2n) is 5.29. The molecule has 0 aliphatic rings. The fraction of sp³-hybridized carbons (Fsp3) is 0.167. The van der Waals surface area contributed by atoms with Crippen LogP contribution in [0.15, 0.2) is 48.5 Å². The molecule has 0 saturated heterocycles. The maximum absolute atomic E-state index is 12.9. The van der Waals surface area contributed by atoms with E-state index in [-0.39, 0.29) is 11.0 Å². The SMILES string of the molecule is CCCC(=O)Nc1cccc(NC(=S)NC(=O)c2ccc(F)cc2)c1. The van der Waals surface area contributed by atoms with E-state index in [1.54, 1.807) is 24.3 Å². The highest BCUT2D eigenvalue weighted by Crippen LogP contribution is 2.15. The van der Waals surface area contributed by atoms with E-state index in [1.165, 1.54) is 24.3 Å². The van der Waals surface area contributed by atoms with Gasteiger partial charge in [-0.2, -0.15) is 0 Å². The number of amides is 2. The van der Waals surface area contributed by atoms with Gasteiger partial charge < -0.3 is 10.6 Å². The van der Waals surface area contributed by atoms with E-state index in [0.717, 1.165) is 6.42 Å². The molecule has 0 aromatic heterocycles. The number of hydrogen-bond donors (Lipinski definition) is 3. The number of carbonyl (C=O) groups is 2. The van der Waals surface area contributed by atoms with Gasteiger partial charge in [-0.25, -0.2) is 4.39 Å². The molecule has 0 spiro atoms. The number of thiocarbonyl (C=S) groups is 1. The minimum Gasteiger partial charge on any atom is -0.332 e. The van der Waals surface area contributed by atoms with Crippen molar-refractivity contribution in [1.29, 1.82) is 0 Å². The molecule has 0 bridgehead atoms. The van der Waals surface area contributed by atoms with E-state index >= 15 is 0 Å². The molecule has 0 atom stereocenters. The van der Waals surface area contributed by atoms with E-state index in [0.29, 0.717) is 23.4 Å². The molecule has 2 rings (SSSR count). The molecule has 3 N–H and O–H groups in total. The van der Waals surface area contributed by atoms with Crippen LogP contribution in [0.1, 0.15) is 30.1 Å². The van der Waals surface area contributed by atoms with Gasteiger partial charge in [-0.05, 0) is 61.1 Å². The molecule has 0 saturated carbocycles. The lowest BCUT2D eigenvalue weighted by atomic mass is 10.2. The van der Waals surface area contributed by atoms with Crippen molar-refractivity contribution in [2.75, 3.05) is 10.6 Å². The first-order valence-electron chi connectivity index (χ1n) is 7.75. The summed E-state index contributed by atoms with van der Waals surface area (Å²) in [5, 5.41) is 8.28. The molecule has 5 nitrogen and oxygen atoms in total. The second kappa shape index (κ2) is 8.89. The van der Waals surface area contributed by atoms with Gasteiger partial charge >= 0.3 is 0 Å². The fourth-order valence-electron chi connectivity index (χ4n) is 2.06. The Labute approximate surface area is 150 Å². The van der Waals surface area contributed by atoms with Crippen LogP contribution in [0.3, 0.4) is 0 Å². The van der Waals surface area contributed by atoms with Gasteiger partial charge in [-0.15, -0.1) is 0 Å². The minimum atomic E-state index is -0.440. The quantitative estimate of drug-likeness (QED) is 0.712. The third-order valence-corrected chi connectivity index (χ3v) is 3.42. The summed E-state index contributed by atoms with van der Waals surface area (Å²) in [4.78, 5) is 23.7. The van der Waals surface area contributed by atoms with Gasteiger partial charge in [-0.1, -0.05) is 13.0 Å². The van der Waals surface area contributed by atoms with Crippen LogP contribution in [0.5, 0.6) is 0 Å². The van der Waals surface area contributed by atoms with Gasteiger partial charge in [0.2, 0.25) is 5.91 Å². The molecule has 0 aliphatic heterocycles. The van der Waals surface area contributed by atoms with Crippen molar-refractivity contribution in [1.82, 2.24) is 5.32 Å². The smallest absolute Gasteiger partial charge is 0.257 e. The summed E-state index contributed by atoms with van der Waals surface area (Å²) >= 11 is 5.11. The third kappa shape index (κ3) is 5.96. The van der Waals surface area contributed by atoms with Crippen LogP contribution in [-0.4, -0.2) is 16.9 Å². The lowest BCUT2D eigenvalue weighted by molar-refractivity contribution is -0.116. The van der Waals surface area contributed by atoms with Crippen molar-refractivity contribution < 1.29 is 14.0 Å². The summed E-state index contributed by atoms with van der Waals surface area (Å²) in [7, 11) is 0. The number of halogens is 1. The highest BCUT2D eigenvalue weighted by molar-refractivity contribution is 7.80. The van der Waals surface area contributed by atoms with Crippen LogP contribution in [0.25, 0.3) is 0 Å². The van der Waals surface area contributed by atoms with Crippen molar-refractivity contribution in [3.63, 3.8) is 0 Å². The molecule has 130 valence electrons. The predicted molar refractivity (Wildman–Crippen MR) is 100 cm³/mol. The first-order valence-corrected chi connectivity index (χ1v) is 8.16. The van der Waals surface area contributed by atoms with Crippen molar-refractivity contribution in [2.24, 2.45) is 0 Å². The minimum absolute atomic E-state index is 0.0631. The summed E-state index contributed by atoms with van der Waals surface area (Å²) in [6.45, 7) is 1.93. The van der Waals surface area contributed by atoms with E-state index in [4.69, 9.17) is 12.2 Å². The van der Waals surface area contributed by atoms with Crippen molar-refractivity contribution in [3.8, 4) is 0 Å². The summed E-state index contributed by atoms with van der Waals surface area (Å²) in [5.74, 6) is -0.920. The Morgan fingerprint density at radius 1 is 1.04 bits per heavy atom. The van der Waals surface area contributed by atoms with E-state index in [9.17, 15) is 14.0 Å². The highest BCUT2D eigenvalue weighted by Gasteiger charge is 2.08. The third-order valence-electron chi connectivity index (χ3n) is 3.21. The lowest BCUT2D eigenvalue weighted by Gasteiger charge is -2.11. The van der Waals surface area contributed by atoms with Crippen LogP contribution < -0.4 is 16.0 Å². The molecule has 2 aromatic carbocycles. The number of benzene rings is 2. The standard InChI is InChI=1S/C18H18FN3O2S/c1-2-4-16(23)20-14-5-3-6-15(11-14)21-18(25)22-17(24)12-7-9-13(19)10-8-12/h3,5-11H,2,4H2,1H3,(H,20,23)(H2,21,22,24,25). The number of rotatable bonds is 5. The van der Waals surface area contributed by atoms with Crippen LogP contribution in [0.4, 0.5) is 15.8 Å². The number of anilines is 2. The maximum atomic E-state index is 12.9. The molecule has 0 unspecified atom stereocenters. The molecule has 2 amide bonds. The number of nitrogens with one attached hydrogen (secondary N) is 3. The van der Waals surface area contributed by atoms with Crippen molar-refractivity contribution in [2.45, 2.75) is 19.8 Å². The average molecular weight is 359 g/mol. The van der Waals surface area contributed by atoms with Crippen molar-refractivity contribution in [3.05, 3.63) is 59.9 Å². The zero-order valence-corrected chi connectivity index (χ0v) is 14.5. The molecule has 25 heavy (non-hydrogen) atoms. The monoisotopic (exact) mass is 359 g/mol. The zero-order valence-electron chi connectivity index (χ0n) is 13.6. The van der Waals surface area contributed by atoms with Gasteiger partial charge in [-0.3, -0.25) is 14.9 Å². The fourth-order valence-corrected chi connectivity index (χ4v) is 2.27. The second-order valence-corrected chi connectivity index (χ2v) is 5.70. The van der Waals surface area contributed by atoms with E-state index in [2.05, 4.69) is 16.0 Å². The van der Waals surface area contributed by atoms with Crippen molar-refractivity contribution >= 4 is 40.5 Å². The first kappa shape index (κ1) is 18.5. The number of carbonyl (C=O) groups excluding carboxylic acids is 2. The Kier molecular flexibility index (Phi) is 6.59. The summed E-state index contributed by atoms with van der Waals surface area (Å²) in [6.07, 6.45) is 1.22. The molecule has 7 heteroatoms. The molecular weight excluding hydrogens is 341 g/mol. The Bertz CT molecular complexity index is 778.